The second-order valence-corrected chi connectivity index (χ2v) is 8.30. The van der Waals surface area contributed by atoms with Crippen LogP contribution in [0, 0.1) is 0 Å². The number of carbonyl (C=O) groups excluding carboxylic acids is 1. The molecular weight excluding hydrogens is 412 g/mol. The zero-order chi connectivity index (χ0) is 23.2. The fourth-order valence-electron chi connectivity index (χ4n) is 3.74. The van der Waals surface area contributed by atoms with Crippen molar-refractivity contribution in [1.29, 1.82) is 0 Å². The minimum atomic E-state index is -0.718. The third-order valence-electron chi connectivity index (χ3n) is 5.60. The van der Waals surface area contributed by atoms with Crippen LogP contribution in [0.5, 0.6) is 0 Å². The van der Waals surface area contributed by atoms with Gasteiger partial charge < -0.3 is 20.9 Å². The van der Waals surface area contributed by atoms with Crippen molar-refractivity contribution in [2.75, 3.05) is 19.7 Å². The van der Waals surface area contributed by atoms with Gasteiger partial charge in [0.15, 0.2) is 6.23 Å². The summed E-state index contributed by atoms with van der Waals surface area (Å²) in [5.41, 5.74) is 4.48. The van der Waals surface area contributed by atoms with Crippen molar-refractivity contribution >= 4 is 5.91 Å². The molecule has 0 saturated heterocycles. The van der Waals surface area contributed by atoms with Gasteiger partial charge in [0.05, 0.1) is 13.0 Å². The highest BCUT2D eigenvalue weighted by atomic mass is 16.5. The Labute approximate surface area is 189 Å². The summed E-state index contributed by atoms with van der Waals surface area (Å²) in [5, 5.41) is 12.0. The first-order chi connectivity index (χ1) is 15.5. The Bertz CT molecular complexity index is 832. The molecular formula is C23H38N4O5. The van der Waals surface area contributed by atoms with Crippen molar-refractivity contribution < 1.29 is 14.6 Å². The smallest absolute Gasteiger partial charge is 0.330 e. The zero-order valence-corrected chi connectivity index (χ0v) is 18.9. The van der Waals surface area contributed by atoms with Crippen molar-refractivity contribution in [2.45, 2.75) is 83.0 Å². The molecule has 180 valence electrons. The van der Waals surface area contributed by atoms with Crippen molar-refractivity contribution in [2.24, 2.45) is 5.73 Å². The number of aliphatic hydroxyl groups excluding tert-OH is 1. The molecule has 1 aromatic rings. The van der Waals surface area contributed by atoms with Crippen molar-refractivity contribution in [1.82, 2.24) is 14.9 Å². The second kappa shape index (κ2) is 14.8. The molecule has 1 aliphatic rings. The number of rotatable bonds is 16. The summed E-state index contributed by atoms with van der Waals surface area (Å²) in [6.45, 7) is 1.16. The van der Waals surface area contributed by atoms with Crippen LogP contribution >= 0.6 is 0 Å². The van der Waals surface area contributed by atoms with Crippen molar-refractivity contribution in [3.8, 4) is 0 Å². The molecule has 0 saturated carbocycles. The second-order valence-electron chi connectivity index (χ2n) is 8.30. The number of H-pyrrole nitrogens is 1. The van der Waals surface area contributed by atoms with Gasteiger partial charge in [0.25, 0.3) is 5.56 Å². The van der Waals surface area contributed by atoms with E-state index in [-0.39, 0.29) is 24.5 Å². The molecule has 0 radical (unpaired) electrons. The van der Waals surface area contributed by atoms with Gasteiger partial charge in [0, 0.05) is 18.3 Å². The Morgan fingerprint density at radius 1 is 1.03 bits per heavy atom. The molecule has 1 amide bonds. The fourth-order valence-corrected chi connectivity index (χ4v) is 3.74. The Kier molecular flexibility index (Phi) is 12.0. The molecule has 0 spiro atoms. The van der Waals surface area contributed by atoms with E-state index in [4.69, 9.17) is 15.6 Å². The third kappa shape index (κ3) is 9.10. The number of hydrogen-bond acceptors (Lipinski definition) is 6. The number of aromatic amines is 1. The van der Waals surface area contributed by atoms with E-state index < -0.39 is 23.6 Å². The molecule has 2 rings (SSSR count). The van der Waals surface area contributed by atoms with Crippen LogP contribution in [-0.2, 0) is 16.0 Å². The predicted octanol–water partition coefficient (Wildman–Crippen LogP) is 1.50. The van der Waals surface area contributed by atoms with Crippen LogP contribution in [0.25, 0.3) is 0 Å². The Hall–Kier alpha value is -2.23. The van der Waals surface area contributed by atoms with E-state index in [1.54, 1.807) is 12.2 Å². The lowest BCUT2D eigenvalue weighted by Crippen LogP contribution is -2.36. The highest BCUT2D eigenvalue weighted by molar-refractivity contribution is 5.78. The summed E-state index contributed by atoms with van der Waals surface area (Å²) in [4.78, 5) is 38.6. The van der Waals surface area contributed by atoms with Crippen LogP contribution in [0.4, 0.5) is 0 Å². The van der Waals surface area contributed by atoms with Gasteiger partial charge in [-0.2, -0.15) is 0 Å². The summed E-state index contributed by atoms with van der Waals surface area (Å²) < 4.78 is 6.72. The normalized spacial score (nSPS) is 17.7. The molecule has 9 heteroatoms. The summed E-state index contributed by atoms with van der Waals surface area (Å²) >= 11 is 0. The molecule has 0 bridgehead atoms. The maximum Gasteiger partial charge on any atom is 0.330 e. The number of amides is 1. The lowest BCUT2D eigenvalue weighted by Gasteiger charge is -2.15. The monoisotopic (exact) mass is 450 g/mol. The molecule has 2 heterocycles. The number of nitrogens with two attached hydrogens (primary N) is 1. The zero-order valence-electron chi connectivity index (χ0n) is 18.9. The summed E-state index contributed by atoms with van der Waals surface area (Å²) in [7, 11) is 0. The Morgan fingerprint density at radius 2 is 1.66 bits per heavy atom. The molecule has 2 atom stereocenters. The molecule has 0 aromatic carbocycles. The summed E-state index contributed by atoms with van der Waals surface area (Å²) in [6, 6.07) is 0. The van der Waals surface area contributed by atoms with Crippen LogP contribution < -0.4 is 22.3 Å². The first-order valence-electron chi connectivity index (χ1n) is 11.8. The highest BCUT2D eigenvalue weighted by Gasteiger charge is 2.22. The Morgan fingerprint density at radius 3 is 2.25 bits per heavy atom. The summed E-state index contributed by atoms with van der Waals surface area (Å²) in [5.74, 6) is -0.255. The number of nitrogens with zero attached hydrogens (tertiary/aromatic N) is 1. The van der Waals surface area contributed by atoms with Crippen LogP contribution in [0.1, 0.15) is 76.0 Å². The molecule has 32 heavy (non-hydrogen) atoms. The average molecular weight is 451 g/mol. The largest absolute Gasteiger partial charge is 0.393 e. The Balaban J connectivity index is 1.64. The minimum absolute atomic E-state index is 0.111. The molecule has 0 aliphatic carbocycles. The molecule has 1 aliphatic heterocycles. The van der Waals surface area contributed by atoms with Gasteiger partial charge in [-0.25, -0.2) is 4.79 Å². The number of nitrogens with one attached hydrogen (secondary N) is 2. The molecule has 9 nitrogen and oxygen atoms in total. The highest BCUT2D eigenvalue weighted by Crippen LogP contribution is 2.19. The summed E-state index contributed by atoms with van der Waals surface area (Å²) in [6.07, 6.45) is 15.1. The standard InChI is InChI=1S/C23H38N4O5/c24-13-9-7-5-3-1-2-4-6-8-10-14-25-20(29)15-18-16-27(23(31)26-22(18)30)21-12-11-19(17-28)32-21/h11-12,16,19,21,28H,1-10,13-15,17,24H2,(H,25,29)(H,26,30,31)/t19-,21+/m0/s1. The van der Waals surface area contributed by atoms with Crippen LogP contribution in [0.2, 0.25) is 0 Å². The lowest BCUT2D eigenvalue weighted by atomic mass is 10.1. The topological polar surface area (TPSA) is 139 Å². The van der Waals surface area contributed by atoms with Gasteiger partial charge in [0.1, 0.15) is 6.10 Å². The first-order valence-corrected chi connectivity index (χ1v) is 11.8. The number of unbranched alkanes of at least 4 members (excludes halogenated alkanes) is 9. The van der Waals surface area contributed by atoms with Gasteiger partial charge in [-0.3, -0.25) is 19.1 Å². The van der Waals surface area contributed by atoms with Crippen LogP contribution in [-0.4, -0.2) is 46.4 Å². The maximum atomic E-state index is 12.2. The van der Waals surface area contributed by atoms with E-state index in [1.165, 1.54) is 49.3 Å². The molecule has 0 fully saturated rings. The maximum absolute atomic E-state index is 12.2. The van der Waals surface area contributed by atoms with Gasteiger partial charge in [-0.05, 0) is 25.5 Å². The molecule has 0 unspecified atom stereocenters. The van der Waals surface area contributed by atoms with Crippen molar-refractivity contribution in [3.63, 3.8) is 0 Å². The van der Waals surface area contributed by atoms with Gasteiger partial charge in [-0.15, -0.1) is 0 Å². The minimum Gasteiger partial charge on any atom is -0.393 e. The van der Waals surface area contributed by atoms with E-state index in [1.807, 2.05) is 0 Å². The lowest BCUT2D eigenvalue weighted by molar-refractivity contribution is -0.120. The van der Waals surface area contributed by atoms with E-state index in [0.717, 1.165) is 32.2 Å². The average Bonchev–Trinajstić information content (AvgIpc) is 3.25. The van der Waals surface area contributed by atoms with Crippen molar-refractivity contribution in [3.05, 3.63) is 44.8 Å². The van der Waals surface area contributed by atoms with E-state index in [2.05, 4.69) is 10.3 Å². The quantitative estimate of drug-likeness (QED) is 0.222. The van der Waals surface area contributed by atoms with E-state index >= 15 is 0 Å². The van der Waals surface area contributed by atoms with Gasteiger partial charge in [0.2, 0.25) is 5.91 Å². The number of carbonyl (C=O) groups is 1. The SMILES string of the molecule is NCCCCCCCCCCCCNC(=O)Cc1cn([C@H]2C=C[C@@H](CO)O2)c(=O)[nH]c1=O. The fraction of sp³-hybridized carbons (Fsp3) is 0.696. The van der Waals surface area contributed by atoms with Crippen LogP contribution in [0.15, 0.2) is 27.9 Å². The number of ether oxygens (including phenoxy) is 1. The predicted molar refractivity (Wildman–Crippen MR) is 123 cm³/mol. The van der Waals surface area contributed by atoms with Gasteiger partial charge in [-0.1, -0.05) is 57.4 Å². The first kappa shape index (κ1) is 26.0. The third-order valence-corrected chi connectivity index (χ3v) is 5.60. The van der Waals surface area contributed by atoms with E-state index in [9.17, 15) is 14.4 Å². The number of aliphatic hydroxyl groups is 1. The molecule has 1 aromatic heterocycles. The number of hydrogen-bond donors (Lipinski definition) is 4. The number of aromatic nitrogens is 2. The molecule has 5 N–H and O–H groups in total. The van der Waals surface area contributed by atoms with Gasteiger partial charge >= 0.3 is 5.69 Å². The van der Waals surface area contributed by atoms with Crippen LogP contribution in [0.3, 0.4) is 0 Å². The van der Waals surface area contributed by atoms with E-state index in [0.29, 0.717) is 6.54 Å².